The third kappa shape index (κ3) is 4.23. The van der Waals surface area contributed by atoms with Crippen LogP contribution in [0.3, 0.4) is 0 Å². The lowest BCUT2D eigenvalue weighted by atomic mass is 10.1. The predicted octanol–water partition coefficient (Wildman–Crippen LogP) is 3.51. The first-order chi connectivity index (χ1) is 11.0. The third-order valence-electron chi connectivity index (χ3n) is 3.21. The van der Waals surface area contributed by atoms with E-state index in [2.05, 4.69) is 10.5 Å². The molecular formula is C17H17ClN2O3. The van der Waals surface area contributed by atoms with Gasteiger partial charge in [0.05, 0.1) is 19.9 Å². The van der Waals surface area contributed by atoms with Gasteiger partial charge in [0.25, 0.3) is 5.91 Å². The summed E-state index contributed by atoms with van der Waals surface area (Å²) in [5.41, 5.74) is 4.27. The van der Waals surface area contributed by atoms with Gasteiger partial charge >= 0.3 is 0 Å². The summed E-state index contributed by atoms with van der Waals surface area (Å²) in [6, 6.07) is 12.0. The van der Waals surface area contributed by atoms with E-state index in [1.165, 1.54) is 0 Å². The Morgan fingerprint density at radius 2 is 1.91 bits per heavy atom. The smallest absolute Gasteiger partial charge is 0.271 e. The van der Waals surface area contributed by atoms with Crippen molar-refractivity contribution in [3.05, 3.63) is 58.6 Å². The minimum Gasteiger partial charge on any atom is -0.497 e. The summed E-state index contributed by atoms with van der Waals surface area (Å²) in [7, 11) is 3.15. The minimum absolute atomic E-state index is 0.339. The van der Waals surface area contributed by atoms with Crippen LogP contribution >= 0.6 is 11.6 Å². The van der Waals surface area contributed by atoms with Gasteiger partial charge in [-0.1, -0.05) is 17.7 Å². The second-order valence-electron chi connectivity index (χ2n) is 4.71. The monoisotopic (exact) mass is 332 g/mol. The molecule has 6 heteroatoms. The van der Waals surface area contributed by atoms with Crippen LogP contribution in [-0.2, 0) is 0 Å². The van der Waals surface area contributed by atoms with E-state index in [1.54, 1.807) is 63.6 Å². The number of ether oxygens (including phenoxy) is 2. The second-order valence-corrected chi connectivity index (χ2v) is 5.15. The first-order valence-electron chi connectivity index (χ1n) is 6.87. The number of halogens is 1. The first-order valence-corrected chi connectivity index (χ1v) is 7.25. The molecule has 2 rings (SSSR count). The van der Waals surface area contributed by atoms with Crippen LogP contribution in [0.1, 0.15) is 22.8 Å². The Labute approximate surface area is 139 Å². The topological polar surface area (TPSA) is 59.9 Å². The van der Waals surface area contributed by atoms with Crippen LogP contribution in [-0.4, -0.2) is 25.8 Å². The lowest BCUT2D eigenvalue weighted by Gasteiger charge is -2.10. The Morgan fingerprint density at radius 1 is 1.13 bits per heavy atom. The SMILES string of the molecule is COc1ccc(OC)c(/C(C)=N\NC(=O)c2cccc(Cl)c2)c1. The van der Waals surface area contributed by atoms with Crippen LogP contribution in [0.5, 0.6) is 11.5 Å². The number of benzene rings is 2. The fraction of sp³-hybridized carbons (Fsp3) is 0.176. The molecule has 0 aliphatic heterocycles. The Bertz CT molecular complexity index is 744. The summed E-state index contributed by atoms with van der Waals surface area (Å²) in [5.74, 6) is 0.981. The molecule has 0 spiro atoms. The zero-order valence-electron chi connectivity index (χ0n) is 13.1. The minimum atomic E-state index is -0.339. The maximum absolute atomic E-state index is 12.1. The first kappa shape index (κ1) is 16.8. The highest BCUT2D eigenvalue weighted by Gasteiger charge is 2.10. The van der Waals surface area contributed by atoms with E-state index >= 15 is 0 Å². The number of nitrogens with zero attached hydrogens (tertiary/aromatic N) is 1. The number of hydrogen-bond acceptors (Lipinski definition) is 4. The summed E-state index contributed by atoms with van der Waals surface area (Å²) >= 11 is 5.87. The molecule has 0 radical (unpaired) electrons. The normalized spacial score (nSPS) is 11.0. The average molecular weight is 333 g/mol. The van der Waals surface area contributed by atoms with Gasteiger partial charge in [-0.2, -0.15) is 5.10 Å². The number of amides is 1. The van der Waals surface area contributed by atoms with Gasteiger partial charge in [-0.15, -0.1) is 0 Å². The molecule has 0 aromatic heterocycles. The van der Waals surface area contributed by atoms with E-state index in [0.29, 0.717) is 27.8 Å². The fourth-order valence-corrected chi connectivity index (χ4v) is 2.18. The number of hydrazone groups is 1. The van der Waals surface area contributed by atoms with Crippen molar-refractivity contribution in [3.8, 4) is 11.5 Å². The van der Waals surface area contributed by atoms with Gasteiger partial charge in [0.2, 0.25) is 0 Å². The molecule has 0 unspecified atom stereocenters. The van der Waals surface area contributed by atoms with E-state index in [0.717, 1.165) is 5.56 Å². The summed E-state index contributed by atoms with van der Waals surface area (Å²) < 4.78 is 10.5. The standard InChI is InChI=1S/C17H17ClN2O3/c1-11(15-10-14(22-2)7-8-16(15)23-3)19-20-17(21)12-5-4-6-13(18)9-12/h4-10H,1-3H3,(H,20,21)/b19-11-. The maximum atomic E-state index is 12.1. The molecule has 2 aromatic rings. The quantitative estimate of drug-likeness (QED) is 0.673. The molecule has 0 bridgehead atoms. The van der Waals surface area contributed by atoms with Crippen molar-refractivity contribution in [3.63, 3.8) is 0 Å². The van der Waals surface area contributed by atoms with Gasteiger partial charge in [-0.25, -0.2) is 5.43 Å². The molecule has 0 aliphatic carbocycles. The van der Waals surface area contributed by atoms with E-state index in [1.807, 2.05) is 0 Å². The highest BCUT2D eigenvalue weighted by molar-refractivity contribution is 6.30. The maximum Gasteiger partial charge on any atom is 0.271 e. The van der Waals surface area contributed by atoms with Gasteiger partial charge in [0.1, 0.15) is 11.5 Å². The molecule has 0 aliphatic rings. The molecule has 5 nitrogen and oxygen atoms in total. The largest absolute Gasteiger partial charge is 0.497 e. The number of nitrogens with one attached hydrogen (secondary N) is 1. The molecule has 23 heavy (non-hydrogen) atoms. The Hall–Kier alpha value is -2.53. The number of carbonyl (C=O) groups excluding carboxylic acids is 1. The molecular weight excluding hydrogens is 316 g/mol. The predicted molar refractivity (Wildman–Crippen MR) is 90.7 cm³/mol. The van der Waals surface area contributed by atoms with Crippen LogP contribution in [0.4, 0.5) is 0 Å². The number of carbonyl (C=O) groups is 1. The van der Waals surface area contributed by atoms with Crippen molar-refractivity contribution in [2.75, 3.05) is 14.2 Å². The summed E-state index contributed by atoms with van der Waals surface area (Å²) in [6.07, 6.45) is 0. The fourth-order valence-electron chi connectivity index (χ4n) is 1.99. The molecule has 0 saturated heterocycles. The third-order valence-corrected chi connectivity index (χ3v) is 3.44. The van der Waals surface area contributed by atoms with Crippen LogP contribution in [0.25, 0.3) is 0 Å². The van der Waals surface area contributed by atoms with Crippen molar-refractivity contribution in [1.82, 2.24) is 5.43 Å². The molecule has 0 atom stereocenters. The lowest BCUT2D eigenvalue weighted by Crippen LogP contribution is -2.19. The zero-order valence-corrected chi connectivity index (χ0v) is 13.8. The Kier molecular flexibility index (Phi) is 5.60. The van der Waals surface area contributed by atoms with Crippen molar-refractivity contribution in [2.24, 2.45) is 5.10 Å². The van der Waals surface area contributed by atoms with Crippen LogP contribution in [0.2, 0.25) is 5.02 Å². The van der Waals surface area contributed by atoms with E-state index in [4.69, 9.17) is 21.1 Å². The van der Waals surface area contributed by atoms with Gasteiger partial charge < -0.3 is 9.47 Å². The average Bonchev–Trinajstić information content (AvgIpc) is 2.58. The Balaban J connectivity index is 2.21. The second kappa shape index (κ2) is 7.65. The number of hydrogen-bond donors (Lipinski definition) is 1. The molecule has 2 aromatic carbocycles. The van der Waals surface area contributed by atoms with Crippen LogP contribution in [0, 0.1) is 0 Å². The molecule has 0 fully saturated rings. The van der Waals surface area contributed by atoms with Crippen molar-refractivity contribution >= 4 is 23.2 Å². The van der Waals surface area contributed by atoms with Gasteiger partial charge in [0, 0.05) is 16.1 Å². The Morgan fingerprint density at radius 3 is 2.57 bits per heavy atom. The highest BCUT2D eigenvalue weighted by Crippen LogP contribution is 2.24. The summed E-state index contributed by atoms with van der Waals surface area (Å²) in [5, 5.41) is 4.62. The zero-order chi connectivity index (χ0) is 16.8. The molecule has 0 heterocycles. The molecule has 1 amide bonds. The number of rotatable bonds is 5. The van der Waals surface area contributed by atoms with Crippen molar-refractivity contribution < 1.29 is 14.3 Å². The van der Waals surface area contributed by atoms with Crippen molar-refractivity contribution in [1.29, 1.82) is 0 Å². The van der Waals surface area contributed by atoms with Gasteiger partial charge in [0.15, 0.2) is 0 Å². The van der Waals surface area contributed by atoms with Gasteiger partial charge in [-0.05, 0) is 43.3 Å². The van der Waals surface area contributed by atoms with Crippen LogP contribution < -0.4 is 14.9 Å². The molecule has 1 N–H and O–H groups in total. The lowest BCUT2D eigenvalue weighted by molar-refractivity contribution is 0.0955. The van der Waals surface area contributed by atoms with E-state index in [9.17, 15) is 4.79 Å². The summed E-state index contributed by atoms with van der Waals surface area (Å²) in [4.78, 5) is 12.1. The highest BCUT2D eigenvalue weighted by atomic mass is 35.5. The van der Waals surface area contributed by atoms with Gasteiger partial charge in [-0.3, -0.25) is 4.79 Å². The van der Waals surface area contributed by atoms with E-state index < -0.39 is 0 Å². The number of methoxy groups -OCH3 is 2. The van der Waals surface area contributed by atoms with Crippen LogP contribution in [0.15, 0.2) is 47.6 Å². The van der Waals surface area contributed by atoms with E-state index in [-0.39, 0.29) is 5.91 Å². The van der Waals surface area contributed by atoms with Crippen molar-refractivity contribution in [2.45, 2.75) is 6.92 Å². The molecule has 0 saturated carbocycles. The summed E-state index contributed by atoms with van der Waals surface area (Å²) in [6.45, 7) is 1.77. The molecule has 120 valence electrons.